The number of amides is 1. The van der Waals surface area contributed by atoms with Gasteiger partial charge in [-0.3, -0.25) is 9.59 Å². The van der Waals surface area contributed by atoms with Gasteiger partial charge in [0.25, 0.3) is 0 Å². The lowest BCUT2D eigenvalue weighted by atomic mass is 10.3. The van der Waals surface area contributed by atoms with Crippen molar-refractivity contribution < 1.29 is 14.3 Å². The highest BCUT2D eigenvalue weighted by Crippen LogP contribution is 1.89. The Morgan fingerprint density at radius 3 is 2.62 bits per heavy atom. The summed E-state index contributed by atoms with van der Waals surface area (Å²) in [7, 11) is 0. The standard InChI is InChI=1S/C8H13NO3S/c1-3-8(11)9-4-7(5-13)12-6(2)10/h5,7H,3-4H2,1-2H3,(H,9,11). The van der Waals surface area contributed by atoms with E-state index < -0.39 is 12.1 Å². The number of hydrogen-bond donors (Lipinski definition) is 1. The first-order valence-electron chi connectivity index (χ1n) is 3.99. The van der Waals surface area contributed by atoms with Crippen molar-refractivity contribution in [2.24, 2.45) is 0 Å². The van der Waals surface area contributed by atoms with Crippen molar-refractivity contribution in [1.29, 1.82) is 0 Å². The van der Waals surface area contributed by atoms with E-state index in [-0.39, 0.29) is 12.5 Å². The molecule has 0 aromatic carbocycles. The van der Waals surface area contributed by atoms with E-state index in [1.807, 2.05) is 0 Å². The van der Waals surface area contributed by atoms with E-state index >= 15 is 0 Å². The second kappa shape index (κ2) is 6.54. The van der Waals surface area contributed by atoms with Crippen molar-refractivity contribution in [2.45, 2.75) is 26.4 Å². The number of carbonyl (C=O) groups is 2. The van der Waals surface area contributed by atoms with Gasteiger partial charge >= 0.3 is 5.97 Å². The van der Waals surface area contributed by atoms with E-state index in [0.29, 0.717) is 6.42 Å². The SMILES string of the molecule is CCC(=O)NCC(C=S)OC(C)=O. The van der Waals surface area contributed by atoms with Gasteiger partial charge in [0.15, 0.2) is 0 Å². The van der Waals surface area contributed by atoms with E-state index in [4.69, 9.17) is 4.74 Å². The third-order valence-electron chi connectivity index (χ3n) is 1.29. The van der Waals surface area contributed by atoms with Crippen LogP contribution in [0.2, 0.25) is 0 Å². The molecule has 0 aromatic heterocycles. The van der Waals surface area contributed by atoms with Gasteiger partial charge in [0.2, 0.25) is 5.91 Å². The number of thiocarbonyl (C=S) groups is 1. The Morgan fingerprint density at radius 2 is 2.23 bits per heavy atom. The lowest BCUT2D eigenvalue weighted by Gasteiger charge is -2.12. The highest BCUT2D eigenvalue weighted by Gasteiger charge is 2.08. The van der Waals surface area contributed by atoms with Crippen LogP contribution in [-0.2, 0) is 14.3 Å². The van der Waals surface area contributed by atoms with Gasteiger partial charge in [-0.15, -0.1) is 0 Å². The van der Waals surface area contributed by atoms with Crippen LogP contribution in [0.3, 0.4) is 0 Å². The second-order valence-corrected chi connectivity index (χ2v) is 2.71. The molecule has 0 saturated heterocycles. The predicted octanol–water partition coefficient (Wildman–Crippen LogP) is 0.444. The van der Waals surface area contributed by atoms with Crippen LogP contribution in [-0.4, -0.2) is 29.9 Å². The summed E-state index contributed by atoms with van der Waals surface area (Å²) in [6.45, 7) is 3.29. The van der Waals surface area contributed by atoms with E-state index in [0.717, 1.165) is 0 Å². The molecule has 74 valence electrons. The molecule has 0 saturated carbocycles. The Labute approximate surface area is 82.6 Å². The topological polar surface area (TPSA) is 55.4 Å². The highest BCUT2D eigenvalue weighted by atomic mass is 32.1. The van der Waals surface area contributed by atoms with Crippen LogP contribution in [0.1, 0.15) is 20.3 Å². The van der Waals surface area contributed by atoms with Crippen molar-refractivity contribution in [3.63, 3.8) is 0 Å². The summed E-state index contributed by atoms with van der Waals surface area (Å²) in [5, 5.41) is 3.89. The summed E-state index contributed by atoms with van der Waals surface area (Å²) in [5.41, 5.74) is 0. The molecule has 0 radical (unpaired) electrons. The third kappa shape index (κ3) is 6.21. The molecule has 0 aliphatic carbocycles. The Balaban J connectivity index is 3.78. The molecule has 1 unspecified atom stereocenters. The molecule has 0 aromatic rings. The number of carbonyl (C=O) groups excluding carboxylic acids is 2. The van der Waals surface area contributed by atoms with Crippen molar-refractivity contribution in [3.8, 4) is 0 Å². The number of ether oxygens (including phenoxy) is 1. The third-order valence-corrected chi connectivity index (χ3v) is 1.59. The van der Waals surface area contributed by atoms with Gasteiger partial charge in [-0.05, 0) is 0 Å². The summed E-state index contributed by atoms with van der Waals surface area (Å²) in [6.07, 6.45) is -0.104. The van der Waals surface area contributed by atoms with Crippen LogP contribution in [0, 0.1) is 0 Å². The zero-order valence-corrected chi connectivity index (χ0v) is 8.52. The van der Waals surface area contributed by atoms with Crippen molar-refractivity contribution in [3.05, 3.63) is 0 Å². The molecule has 4 nitrogen and oxygen atoms in total. The largest absolute Gasteiger partial charge is 0.456 e. The van der Waals surface area contributed by atoms with Gasteiger partial charge in [0.1, 0.15) is 6.10 Å². The van der Waals surface area contributed by atoms with Gasteiger partial charge in [0, 0.05) is 18.7 Å². The first-order chi connectivity index (χ1) is 6.10. The Kier molecular flexibility index (Phi) is 6.05. The van der Waals surface area contributed by atoms with E-state index in [1.165, 1.54) is 12.3 Å². The van der Waals surface area contributed by atoms with Crippen LogP contribution < -0.4 is 5.32 Å². The minimum atomic E-state index is -0.511. The molecule has 13 heavy (non-hydrogen) atoms. The summed E-state index contributed by atoms with van der Waals surface area (Å²) in [5.74, 6) is -0.495. The number of rotatable bonds is 5. The molecule has 0 spiro atoms. The van der Waals surface area contributed by atoms with Gasteiger partial charge < -0.3 is 10.1 Å². The van der Waals surface area contributed by atoms with Gasteiger partial charge in [-0.1, -0.05) is 19.1 Å². The fraction of sp³-hybridized carbons (Fsp3) is 0.625. The molecule has 0 fully saturated rings. The molecule has 1 N–H and O–H groups in total. The Bertz CT molecular complexity index is 206. The molecule has 0 heterocycles. The van der Waals surface area contributed by atoms with Crippen LogP contribution in [0.5, 0.6) is 0 Å². The predicted molar refractivity (Wildman–Crippen MR) is 52.5 cm³/mol. The maximum Gasteiger partial charge on any atom is 0.303 e. The van der Waals surface area contributed by atoms with Crippen molar-refractivity contribution in [1.82, 2.24) is 5.32 Å². The average Bonchev–Trinajstić information content (AvgIpc) is 2.10. The zero-order chi connectivity index (χ0) is 10.3. The summed E-state index contributed by atoms with van der Waals surface area (Å²) < 4.78 is 4.78. The van der Waals surface area contributed by atoms with Crippen LogP contribution in [0.4, 0.5) is 0 Å². The summed E-state index contributed by atoms with van der Waals surface area (Å²) in [6, 6.07) is 0. The molecule has 0 rings (SSSR count). The summed E-state index contributed by atoms with van der Waals surface area (Å²) >= 11 is 4.63. The molecular weight excluding hydrogens is 190 g/mol. The second-order valence-electron chi connectivity index (χ2n) is 2.44. The van der Waals surface area contributed by atoms with Crippen LogP contribution in [0.15, 0.2) is 0 Å². The maximum atomic E-state index is 10.8. The number of esters is 1. The molecule has 1 amide bonds. The van der Waals surface area contributed by atoms with Gasteiger partial charge in [-0.25, -0.2) is 0 Å². The number of hydrogen-bond acceptors (Lipinski definition) is 4. The minimum Gasteiger partial charge on any atom is -0.456 e. The Hall–Kier alpha value is -0.970. The van der Waals surface area contributed by atoms with Crippen molar-refractivity contribution >= 4 is 29.5 Å². The highest BCUT2D eigenvalue weighted by molar-refractivity contribution is 7.79. The van der Waals surface area contributed by atoms with Gasteiger partial charge in [0.05, 0.1) is 6.54 Å². The Morgan fingerprint density at radius 1 is 1.62 bits per heavy atom. The molecule has 0 aliphatic rings. The first kappa shape index (κ1) is 12.0. The smallest absolute Gasteiger partial charge is 0.303 e. The lowest BCUT2D eigenvalue weighted by molar-refractivity contribution is -0.143. The minimum absolute atomic E-state index is 0.0889. The lowest BCUT2D eigenvalue weighted by Crippen LogP contribution is -2.34. The average molecular weight is 203 g/mol. The van der Waals surface area contributed by atoms with Gasteiger partial charge in [-0.2, -0.15) is 0 Å². The molecule has 0 bridgehead atoms. The van der Waals surface area contributed by atoms with Crippen LogP contribution in [0.25, 0.3) is 0 Å². The molecular formula is C8H13NO3S. The first-order valence-corrected chi connectivity index (χ1v) is 4.46. The molecule has 0 aliphatic heterocycles. The van der Waals surface area contributed by atoms with E-state index in [9.17, 15) is 9.59 Å². The quantitative estimate of drug-likeness (QED) is 0.520. The van der Waals surface area contributed by atoms with Crippen LogP contribution >= 0.6 is 12.2 Å². The fourth-order valence-corrected chi connectivity index (χ4v) is 0.822. The normalized spacial score (nSPS) is 11.5. The van der Waals surface area contributed by atoms with E-state index in [2.05, 4.69) is 17.5 Å². The monoisotopic (exact) mass is 203 g/mol. The molecule has 1 atom stereocenters. The zero-order valence-electron chi connectivity index (χ0n) is 7.70. The number of nitrogens with one attached hydrogen (secondary N) is 1. The summed E-state index contributed by atoms with van der Waals surface area (Å²) in [4.78, 5) is 21.3. The fourth-order valence-electron chi connectivity index (χ4n) is 0.670. The maximum absolute atomic E-state index is 10.8. The van der Waals surface area contributed by atoms with Crippen molar-refractivity contribution in [2.75, 3.05) is 6.54 Å². The van der Waals surface area contributed by atoms with E-state index in [1.54, 1.807) is 6.92 Å². The molecule has 5 heteroatoms.